The van der Waals surface area contributed by atoms with Gasteiger partial charge in [0.05, 0.1) is 5.54 Å². The van der Waals surface area contributed by atoms with Gasteiger partial charge in [0.25, 0.3) is 0 Å². The topological polar surface area (TPSA) is 20.3 Å². The van der Waals surface area contributed by atoms with Gasteiger partial charge in [-0.3, -0.25) is 4.79 Å². The summed E-state index contributed by atoms with van der Waals surface area (Å²) >= 11 is 5.86. The van der Waals surface area contributed by atoms with E-state index >= 15 is 0 Å². The molecule has 0 saturated carbocycles. The fourth-order valence-corrected chi connectivity index (χ4v) is 1.31. The lowest BCUT2D eigenvalue weighted by Crippen LogP contribution is -2.47. The summed E-state index contributed by atoms with van der Waals surface area (Å²) in [6, 6.07) is 0. The highest BCUT2D eigenvalue weighted by atomic mass is 35.5. The first kappa shape index (κ1) is 15.8. The first-order valence-corrected chi connectivity index (χ1v) is 6.38. The Bertz CT molecular complexity index is 243. The van der Waals surface area contributed by atoms with Crippen LogP contribution in [0, 0.1) is 11.3 Å². The average Bonchev–Trinajstić information content (AvgIpc) is 2.14. The Morgan fingerprint density at radius 1 is 1.25 bits per heavy atom. The highest BCUT2D eigenvalue weighted by Crippen LogP contribution is 2.29. The van der Waals surface area contributed by atoms with Gasteiger partial charge in [0.2, 0.25) is 5.91 Å². The van der Waals surface area contributed by atoms with Crippen molar-refractivity contribution >= 4 is 17.5 Å². The Balaban J connectivity index is 4.49. The second-order valence-corrected chi connectivity index (χ2v) is 6.64. The van der Waals surface area contributed by atoms with E-state index in [1.54, 1.807) is 4.90 Å². The van der Waals surface area contributed by atoms with Gasteiger partial charge in [0.15, 0.2) is 0 Å². The molecule has 0 aromatic rings. The van der Waals surface area contributed by atoms with Crippen molar-refractivity contribution in [3.63, 3.8) is 0 Å². The van der Waals surface area contributed by atoms with Crippen LogP contribution >= 0.6 is 11.6 Å². The molecule has 3 heteroatoms. The van der Waals surface area contributed by atoms with E-state index in [1.165, 1.54) is 0 Å². The molecule has 0 radical (unpaired) electrons. The molecule has 0 aliphatic carbocycles. The zero-order valence-electron chi connectivity index (χ0n) is 11.7. The van der Waals surface area contributed by atoms with E-state index in [4.69, 9.17) is 11.6 Å². The van der Waals surface area contributed by atoms with Gasteiger partial charge in [-0.05, 0) is 25.2 Å². The average molecular weight is 248 g/mol. The molecule has 1 unspecified atom stereocenters. The van der Waals surface area contributed by atoms with Crippen LogP contribution < -0.4 is 0 Å². The maximum Gasteiger partial charge on any atom is 0.223 e. The molecule has 0 fully saturated rings. The molecule has 96 valence electrons. The summed E-state index contributed by atoms with van der Waals surface area (Å²) < 4.78 is 0. The Kier molecular flexibility index (Phi) is 5.31. The van der Waals surface area contributed by atoms with Crippen LogP contribution in [0.2, 0.25) is 0 Å². The molecule has 0 saturated heterocycles. The summed E-state index contributed by atoms with van der Waals surface area (Å²) in [6.07, 6.45) is 0.584. The molecule has 0 N–H and O–H groups in total. The largest absolute Gasteiger partial charge is 0.339 e. The number of amides is 1. The number of hydrogen-bond acceptors (Lipinski definition) is 1. The van der Waals surface area contributed by atoms with E-state index in [1.807, 2.05) is 20.9 Å². The van der Waals surface area contributed by atoms with Crippen molar-refractivity contribution in [1.29, 1.82) is 0 Å². The standard InChI is InChI=1S/C13H26ClNO/c1-10(12(2,3)4)8-11(16)15(7)13(5,6)9-14/h10H,8-9H2,1-7H3. The van der Waals surface area contributed by atoms with Crippen LogP contribution in [-0.4, -0.2) is 29.3 Å². The Hall–Kier alpha value is -0.240. The molecule has 0 aromatic carbocycles. The molecule has 1 amide bonds. The number of hydrogen-bond donors (Lipinski definition) is 0. The van der Waals surface area contributed by atoms with Crippen molar-refractivity contribution in [3.8, 4) is 0 Å². The maximum atomic E-state index is 12.1. The number of nitrogens with zero attached hydrogens (tertiary/aromatic N) is 1. The second-order valence-electron chi connectivity index (χ2n) is 6.37. The molecular weight excluding hydrogens is 222 g/mol. The van der Waals surface area contributed by atoms with E-state index in [2.05, 4.69) is 27.7 Å². The molecule has 1 atom stereocenters. The van der Waals surface area contributed by atoms with Gasteiger partial charge in [-0.15, -0.1) is 11.6 Å². The number of rotatable bonds is 4. The number of carbonyl (C=O) groups is 1. The van der Waals surface area contributed by atoms with Gasteiger partial charge < -0.3 is 4.90 Å². The summed E-state index contributed by atoms with van der Waals surface area (Å²) in [7, 11) is 1.83. The molecule has 0 bridgehead atoms. The van der Waals surface area contributed by atoms with E-state index in [-0.39, 0.29) is 16.9 Å². The fourth-order valence-electron chi connectivity index (χ4n) is 1.13. The summed E-state index contributed by atoms with van der Waals surface area (Å²) in [5.74, 6) is 1.00. The van der Waals surface area contributed by atoms with Crippen molar-refractivity contribution in [2.24, 2.45) is 11.3 Å². The normalized spacial score (nSPS) is 14.8. The summed E-state index contributed by atoms with van der Waals surface area (Å²) in [5.41, 5.74) is -0.0994. The van der Waals surface area contributed by atoms with E-state index in [0.717, 1.165) is 0 Å². The predicted octanol–water partition coefficient (Wildman–Crippen LogP) is 3.53. The fraction of sp³-hybridized carbons (Fsp3) is 0.923. The molecular formula is C13H26ClNO. The molecule has 0 aliphatic heterocycles. The molecule has 0 heterocycles. The molecule has 2 nitrogen and oxygen atoms in total. The number of alkyl halides is 1. The summed E-state index contributed by atoms with van der Waals surface area (Å²) in [4.78, 5) is 13.8. The first-order valence-electron chi connectivity index (χ1n) is 5.85. The van der Waals surface area contributed by atoms with Crippen LogP contribution in [0.5, 0.6) is 0 Å². The van der Waals surface area contributed by atoms with Crippen LogP contribution in [0.25, 0.3) is 0 Å². The van der Waals surface area contributed by atoms with Crippen molar-refractivity contribution < 1.29 is 4.79 Å². The van der Waals surface area contributed by atoms with E-state index in [9.17, 15) is 4.79 Å². The molecule has 0 rings (SSSR count). The number of carbonyl (C=O) groups excluding carboxylic acids is 1. The Labute approximate surface area is 105 Å². The highest BCUT2D eigenvalue weighted by molar-refractivity contribution is 6.18. The quantitative estimate of drug-likeness (QED) is 0.696. The van der Waals surface area contributed by atoms with Crippen molar-refractivity contribution in [1.82, 2.24) is 4.90 Å². The second kappa shape index (κ2) is 5.39. The van der Waals surface area contributed by atoms with Gasteiger partial charge in [-0.1, -0.05) is 27.7 Å². The maximum absolute atomic E-state index is 12.1. The van der Waals surface area contributed by atoms with Gasteiger partial charge in [0.1, 0.15) is 0 Å². The minimum Gasteiger partial charge on any atom is -0.339 e. The monoisotopic (exact) mass is 247 g/mol. The summed E-state index contributed by atoms with van der Waals surface area (Å²) in [5, 5.41) is 0. The minimum atomic E-state index is -0.268. The Morgan fingerprint density at radius 2 is 1.69 bits per heavy atom. The third kappa shape index (κ3) is 4.32. The zero-order valence-corrected chi connectivity index (χ0v) is 12.5. The predicted molar refractivity (Wildman–Crippen MR) is 70.8 cm³/mol. The highest BCUT2D eigenvalue weighted by Gasteiger charge is 2.30. The third-order valence-electron chi connectivity index (χ3n) is 3.57. The summed E-state index contributed by atoms with van der Waals surface area (Å²) in [6.45, 7) is 12.6. The molecule has 0 aromatic heterocycles. The van der Waals surface area contributed by atoms with Crippen molar-refractivity contribution in [2.45, 2.75) is 53.5 Å². The van der Waals surface area contributed by atoms with Crippen LogP contribution in [-0.2, 0) is 4.79 Å². The lowest BCUT2D eigenvalue weighted by atomic mass is 9.80. The molecule has 0 spiro atoms. The van der Waals surface area contributed by atoms with Gasteiger partial charge in [0, 0.05) is 19.3 Å². The lowest BCUT2D eigenvalue weighted by Gasteiger charge is -2.36. The Morgan fingerprint density at radius 3 is 2.00 bits per heavy atom. The molecule has 16 heavy (non-hydrogen) atoms. The zero-order chi connectivity index (χ0) is 13.1. The lowest BCUT2D eigenvalue weighted by molar-refractivity contribution is -0.135. The smallest absolute Gasteiger partial charge is 0.223 e. The van der Waals surface area contributed by atoms with Crippen molar-refractivity contribution in [3.05, 3.63) is 0 Å². The van der Waals surface area contributed by atoms with Gasteiger partial charge in [-0.25, -0.2) is 0 Å². The SMILES string of the molecule is CC(CC(=O)N(C)C(C)(C)CCl)C(C)(C)C. The number of halogens is 1. The van der Waals surface area contributed by atoms with Gasteiger partial charge >= 0.3 is 0 Å². The third-order valence-corrected chi connectivity index (χ3v) is 4.22. The van der Waals surface area contributed by atoms with Crippen LogP contribution in [0.4, 0.5) is 0 Å². The van der Waals surface area contributed by atoms with Crippen molar-refractivity contribution in [2.75, 3.05) is 12.9 Å². The van der Waals surface area contributed by atoms with Crippen LogP contribution in [0.15, 0.2) is 0 Å². The first-order chi connectivity index (χ1) is 7.02. The van der Waals surface area contributed by atoms with Gasteiger partial charge in [-0.2, -0.15) is 0 Å². The van der Waals surface area contributed by atoms with E-state index < -0.39 is 0 Å². The van der Waals surface area contributed by atoms with Crippen LogP contribution in [0.1, 0.15) is 48.0 Å². The minimum absolute atomic E-state index is 0.168. The molecule has 0 aliphatic rings. The van der Waals surface area contributed by atoms with E-state index in [0.29, 0.717) is 18.2 Å². The van der Waals surface area contributed by atoms with Crippen LogP contribution in [0.3, 0.4) is 0 Å².